The molecule has 0 N–H and O–H groups in total. The Kier molecular flexibility index (Phi) is 8.08. The number of benzene rings is 1. The zero-order valence-electron chi connectivity index (χ0n) is 15.5. The molecule has 24 heavy (non-hydrogen) atoms. The number of hydrogen-bond donors (Lipinski definition) is 0. The van der Waals surface area contributed by atoms with Crippen molar-refractivity contribution in [2.24, 2.45) is 0 Å². The molecule has 1 aromatic rings. The number of rotatable bonds is 10. The van der Waals surface area contributed by atoms with E-state index in [9.17, 15) is 4.79 Å². The highest BCUT2D eigenvalue weighted by Gasteiger charge is 2.43. The van der Waals surface area contributed by atoms with Crippen molar-refractivity contribution in [1.82, 2.24) is 0 Å². The van der Waals surface area contributed by atoms with Crippen LogP contribution in [0.2, 0.25) is 26.2 Å². The summed E-state index contributed by atoms with van der Waals surface area (Å²) in [5.41, 5.74) is 0.00839. The van der Waals surface area contributed by atoms with Crippen LogP contribution in [0.25, 0.3) is 0 Å². The SMILES string of the molecule is C=CC(=O)OCCOC(CC)[Si](C)(O[Si](C)(C)C)c1ccccc1. The Morgan fingerprint density at radius 3 is 2.29 bits per heavy atom. The van der Waals surface area contributed by atoms with Crippen LogP contribution in [-0.2, 0) is 18.4 Å². The molecule has 0 heterocycles. The first-order chi connectivity index (χ1) is 11.2. The standard InChI is InChI=1S/C18H30O4Si2/c1-7-17(19)20-14-15-21-18(8-2)24(6,22-23(3,4)5)16-12-10-9-11-13-16/h7,9-13,18H,1,8,14-15H2,2-6H3. The van der Waals surface area contributed by atoms with Crippen molar-refractivity contribution in [3.8, 4) is 0 Å². The van der Waals surface area contributed by atoms with Gasteiger partial charge in [0.15, 0.2) is 8.32 Å². The maximum absolute atomic E-state index is 11.1. The van der Waals surface area contributed by atoms with Crippen molar-refractivity contribution in [1.29, 1.82) is 0 Å². The van der Waals surface area contributed by atoms with Crippen LogP contribution in [0.4, 0.5) is 0 Å². The van der Waals surface area contributed by atoms with Gasteiger partial charge in [-0.15, -0.1) is 0 Å². The number of carbonyl (C=O) groups is 1. The van der Waals surface area contributed by atoms with E-state index < -0.39 is 22.6 Å². The molecule has 6 heteroatoms. The fourth-order valence-corrected chi connectivity index (χ4v) is 11.3. The van der Waals surface area contributed by atoms with Gasteiger partial charge in [-0.05, 0) is 37.8 Å². The smallest absolute Gasteiger partial charge is 0.330 e. The van der Waals surface area contributed by atoms with Gasteiger partial charge in [-0.3, -0.25) is 0 Å². The first-order valence-electron chi connectivity index (χ1n) is 8.39. The third-order valence-electron chi connectivity index (χ3n) is 3.66. The van der Waals surface area contributed by atoms with Crippen LogP contribution in [0.1, 0.15) is 13.3 Å². The summed E-state index contributed by atoms with van der Waals surface area (Å²) in [7, 11) is -4.04. The fourth-order valence-electron chi connectivity index (χ4n) is 2.77. The van der Waals surface area contributed by atoms with E-state index in [1.165, 1.54) is 5.19 Å². The Morgan fingerprint density at radius 2 is 1.79 bits per heavy atom. The van der Waals surface area contributed by atoms with E-state index in [0.29, 0.717) is 6.61 Å². The molecule has 1 aromatic carbocycles. The van der Waals surface area contributed by atoms with Gasteiger partial charge in [-0.25, -0.2) is 4.79 Å². The maximum Gasteiger partial charge on any atom is 0.330 e. The summed E-state index contributed by atoms with van der Waals surface area (Å²) in [5.74, 6) is -0.423. The van der Waals surface area contributed by atoms with Gasteiger partial charge < -0.3 is 13.6 Å². The largest absolute Gasteiger partial charge is 0.460 e. The molecule has 0 aliphatic rings. The average Bonchev–Trinajstić information content (AvgIpc) is 2.53. The highest BCUT2D eigenvalue weighted by atomic mass is 28.4. The van der Waals surface area contributed by atoms with Crippen molar-refractivity contribution in [3.63, 3.8) is 0 Å². The zero-order valence-corrected chi connectivity index (χ0v) is 17.5. The van der Waals surface area contributed by atoms with Crippen LogP contribution < -0.4 is 5.19 Å². The minimum atomic E-state index is -2.30. The molecule has 0 saturated carbocycles. The molecule has 4 nitrogen and oxygen atoms in total. The zero-order chi connectivity index (χ0) is 18.2. The van der Waals surface area contributed by atoms with Gasteiger partial charge >= 0.3 is 5.97 Å². The summed E-state index contributed by atoms with van der Waals surface area (Å²) in [5, 5.41) is 1.24. The minimum Gasteiger partial charge on any atom is -0.460 e. The van der Waals surface area contributed by atoms with E-state index in [2.05, 4.69) is 51.8 Å². The highest BCUT2D eigenvalue weighted by molar-refractivity contribution is 6.93. The van der Waals surface area contributed by atoms with Gasteiger partial charge in [0, 0.05) is 6.08 Å². The maximum atomic E-state index is 11.1. The second kappa shape index (κ2) is 9.31. The van der Waals surface area contributed by atoms with Crippen LogP contribution in [0.15, 0.2) is 43.0 Å². The minimum absolute atomic E-state index is 0.00839. The van der Waals surface area contributed by atoms with Gasteiger partial charge in [0.05, 0.1) is 12.3 Å². The lowest BCUT2D eigenvalue weighted by molar-refractivity contribution is -0.139. The topological polar surface area (TPSA) is 44.8 Å². The Labute approximate surface area is 148 Å². The van der Waals surface area contributed by atoms with Crippen molar-refractivity contribution < 1.29 is 18.4 Å². The quantitative estimate of drug-likeness (QED) is 0.276. The van der Waals surface area contributed by atoms with Crippen LogP contribution in [0.3, 0.4) is 0 Å². The molecule has 1 rings (SSSR count). The molecule has 0 saturated heterocycles. The highest BCUT2D eigenvalue weighted by Crippen LogP contribution is 2.22. The van der Waals surface area contributed by atoms with Crippen LogP contribution in [-0.4, -0.2) is 41.5 Å². The Hall–Kier alpha value is -1.22. The molecule has 0 radical (unpaired) electrons. The van der Waals surface area contributed by atoms with Crippen molar-refractivity contribution in [2.75, 3.05) is 13.2 Å². The second-order valence-corrected chi connectivity index (χ2v) is 15.3. The van der Waals surface area contributed by atoms with Gasteiger partial charge in [0.1, 0.15) is 6.61 Å². The summed E-state index contributed by atoms with van der Waals surface area (Å²) in [4.78, 5) is 11.1. The molecule has 0 aliphatic heterocycles. The van der Waals surface area contributed by atoms with E-state index >= 15 is 0 Å². The molecule has 0 fully saturated rings. The molecule has 134 valence electrons. The molecular formula is C18H30O4Si2. The normalized spacial score (nSPS) is 15.4. The van der Waals surface area contributed by atoms with Crippen LogP contribution >= 0.6 is 0 Å². The summed E-state index contributed by atoms with van der Waals surface area (Å²) in [6, 6.07) is 10.4. The van der Waals surface area contributed by atoms with Crippen molar-refractivity contribution >= 4 is 27.8 Å². The molecule has 2 unspecified atom stereocenters. The van der Waals surface area contributed by atoms with E-state index in [-0.39, 0.29) is 12.3 Å². The second-order valence-electron chi connectivity index (χ2n) is 6.83. The van der Waals surface area contributed by atoms with Gasteiger partial charge in [0.2, 0.25) is 8.32 Å². The first-order valence-corrected chi connectivity index (χ1v) is 14.3. The van der Waals surface area contributed by atoms with E-state index in [4.69, 9.17) is 13.6 Å². The van der Waals surface area contributed by atoms with Gasteiger partial charge in [-0.2, -0.15) is 0 Å². The van der Waals surface area contributed by atoms with Crippen molar-refractivity contribution in [3.05, 3.63) is 43.0 Å². The number of ether oxygens (including phenoxy) is 2. The van der Waals surface area contributed by atoms with E-state index in [1.54, 1.807) is 0 Å². The Balaban J connectivity index is 2.90. The molecule has 0 aromatic heterocycles. The predicted octanol–water partition coefficient (Wildman–Crippen LogP) is 3.38. The van der Waals surface area contributed by atoms with Crippen LogP contribution in [0.5, 0.6) is 0 Å². The van der Waals surface area contributed by atoms with Crippen molar-refractivity contribution in [2.45, 2.75) is 45.3 Å². The lowest BCUT2D eigenvalue weighted by Gasteiger charge is -2.40. The summed E-state index contributed by atoms with van der Waals surface area (Å²) < 4.78 is 17.8. The third kappa shape index (κ3) is 6.35. The molecule has 0 spiro atoms. The summed E-state index contributed by atoms with van der Waals surface area (Å²) in [6.45, 7) is 14.9. The van der Waals surface area contributed by atoms with Crippen LogP contribution in [0, 0.1) is 0 Å². The lowest BCUT2D eigenvalue weighted by Crippen LogP contribution is -2.62. The molecular weight excluding hydrogens is 336 g/mol. The fraction of sp³-hybridized carbons (Fsp3) is 0.500. The van der Waals surface area contributed by atoms with E-state index in [0.717, 1.165) is 12.5 Å². The Morgan fingerprint density at radius 1 is 1.17 bits per heavy atom. The number of esters is 1. The summed E-state index contributed by atoms with van der Waals surface area (Å²) >= 11 is 0. The Bertz CT molecular complexity index is 528. The summed E-state index contributed by atoms with van der Waals surface area (Å²) in [6.07, 6.45) is 2.02. The average molecular weight is 367 g/mol. The van der Waals surface area contributed by atoms with E-state index in [1.807, 2.05) is 18.2 Å². The molecule has 0 amide bonds. The third-order valence-corrected chi connectivity index (χ3v) is 11.1. The first kappa shape index (κ1) is 20.8. The number of hydrogen-bond acceptors (Lipinski definition) is 4. The molecule has 2 atom stereocenters. The number of carbonyl (C=O) groups excluding carboxylic acids is 1. The van der Waals surface area contributed by atoms with Gasteiger partial charge in [-0.1, -0.05) is 43.8 Å². The lowest BCUT2D eigenvalue weighted by atomic mass is 10.4. The molecule has 0 bridgehead atoms. The monoisotopic (exact) mass is 366 g/mol. The van der Waals surface area contributed by atoms with Gasteiger partial charge in [0.25, 0.3) is 0 Å². The molecule has 0 aliphatic carbocycles. The predicted molar refractivity (Wildman–Crippen MR) is 103 cm³/mol.